The minimum Gasteiger partial charge on any atom is -0.399 e. The van der Waals surface area contributed by atoms with Crippen LogP contribution in [-0.2, 0) is 0 Å². The van der Waals surface area contributed by atoms with Gasteiger partial charge in [-0.3, -0.25) is 20.2 Å². The molecule has 0 aliphatic heterocycles. The third kappa shape index (κ3) is 3.54. The molecule has 3 aromatic carbocycles. The van der Waals surface area contributed by atoms with Crippen LogP contribution >= 0.6 is 0 Å². The summed E-state index contributed by atoms with van der Waals surface area (Å²) < 4.78 is 0. The molecule has 0 saturated heterocycles. The zero-order chi connectivity index (χ0) is 19.6. The van der Waals surface area contributed by atoms with Gasteiger partial charge in [-0.1, -0.05) is 30.3 Å². The minimum atomic E-state index is -0.729. The van der Waals surface area contributed by atoms with E-state index in [1.165, 1.54) is 24.3 Å². The van der Waals surface area contributed by atoms with E-state index < -0.39 is 15.8 Å². The first kappa shape index (κ1) is 17.9. The number of benzene rings is 3. The second-order valence-corrected chi connectivity index (χ2v) is 5.99. The van der Waals surface area contributed by atoms with E-state index in [2.05, 4.69) is 0 Å². The van der Waals surface area contributed by atoms with Crippen LogP contribution in [-0.4, -0.2) is 9.85 Å². The first-order valence-corrected chi connectivity index (χ1v) is 8.01. The zero-order valence-electron chi connectivity index (χ0n) is 14.1. The maximum Gasteiger partial charge on any atom is 0.275 e. The van der Waals surface area contributed by atoms with Gasteiger partial charge in [0, 0.05) is 40.6 Å². The number of nitrogens with zero attached hydrogens (tertiary/aromatic N) is 2. The highest BCUT2D eigenvalue weighted by molar-refractivity contribution is 5.63. The van der Waals surface area contributed by atoms with Gasteiger partial charge in [0.15, 0.2) is 0 Å². The number of rotatable bonds is 5. The van der Waals surface area contributed by atoms with Crippen molar-refractivity contribution in [2.24, 2.45) is 0 Å². The Hall–Kier alpha value is -3.94. The number of hydrogen-bond donors (Lipinski definition) is 2. The number of hydrogen-bond acceptors (Lipinski definition) is 6. The number of nitro groups is 2. The van der Waals surface area contributed by atoms with Crippen LogP contribution in [0.2, 0.25) is 0 Å². The molecular formula is C19H16N4O4. The van der Waals surface area contributed by atoms with Gasteiger partial charge in [-0.15, -0.1) is 0 Å². The fraction of sp³-hybridized carbons (Fsp3) is 0.0526. The van der Waals surface area contributed by atoms with E-state index in [0.29, 0.717) is 16.7 Å². The van der Waals surface area contributed by atoms with Crippen molar-refractivity contribution < 1.29 is 9.85 Å². The lowest BCUT2D eigenvalue weighted by molar-refractivity contribution is -0.386. The van der Waals surface area contributed by atoms with E-state index in [9.17, 15) is 20.2 Å². The van der Waals surface area contributed by atoms with Crippen molar-refractivity contribution in [1.29, 1.82) is 0 Å². The van der Waals surface area contributed by atoms with Crippen molar-refractivity contribution in [1.82, 2.24) is 0 Å². The highest BCUT2D eigenvalue weighted by Crippen LogP contribution is 2.41. The molecule has 0 radical (unpaired) electrons. The smallest absolute Gasteiger partial charge is 0.275 e. The second-order valence-electron chi connectivity index (χ2n) is 5.99. The van der Waals surface area contributed by atoms with Crippen LogP contribution < -0.4 is 11.5 Å². The standard InChI is InChI=1S/C19H16N4O4/c20-13-6-8-15(17(10-13)22(24)25)19(12-4-2-1-3-5-12)16-9-7-14(21)11-18(16)23(26)27/h1-11,19H,20-21H2. The van der Waals surface area contributed by atoms with Gasteiger partial charge in [0.05, 0.1) is 9.85 Å². The molecule has 0 fully saturated rings. The fourth-order valence-electron chi connectivity index (χ4n) is 3.10. The molecule has 27 heavy (non-hydrogen) atoms. The van der Waals surface area contributed by atoms with Crippen molar-refractivity contribution in [3.63, 3.8) is 0 Å². The molecule has 3 rings (SSSR count). The highest BCUT2D eigenvalue weighted by atomic mass is 16.6. The van der Waals surface area contributed by atoms with Crippen molar-refractivity contribution >= 4 is 22.7 Å². The molecule has 0 unspecified atom stereocenters. The third-order valence-corrected chi connectivity index (χ3v) is 4.26. The van der Waals surface area contributed by atoms with Gasteiger partial charge in [0.25, 0.3) is 11.4 Å². The van der Waals surface area contributed by atoms with Crippen molar-refractivity contribution in [2.45, 2.75) is 5.92 Å². The van der Waals surface area contributed by atoms with Gasteiger partial charge in [-0.25, -0.2) is 0 Å². The average Bonchev–Trinajstić information content (AvgIpc) is 2.64. The largest absolute Gasteiger partial charge is 0.399 e. The first-order chi connectivity index (χ1) is 12.9. The van der Waals surface area contributed by atoms with Crippen LogP contribution in [0.5, 0.6) is 0 Å². The normalized spacial score (nSPS) is 10.7. The van der Waals surface area contributed by atoms with Gasteiger partial charge in [-0.2, -0.15) is 0 Å². The van der Waals surface area contributed by atoms with Crippen molar-refractivity contribution in [2.75, 3.05) is 11.5 Å². The lowest BCUT2D eigenvalue weighted by Crippen LogP contribution is -2.10. The molecule has 4 N–H and O–H groups in total. The van der Waals surface area contributed by atoms with Crippen LogP contribution in [0, 0.1) is 20.2 Å². The average molecular weight is 364 g/mol. The lowest BCUT2D eigenvalue weighted by atomic mass is 9.83. The Morgan fingerprint density at radius 1 is 0.704 bits per heavy atom. The van der Waals surface area contributed by atoms with E-state index in [4.69, 9.17) is 11.5 Å². The van der Waals surface area contributed by atoms with Crippen LogP contribution in [0.1, 0.15) is 22.6 Å². The Morgan fingerprint density at radius 3 is 1.56 bits per heavy atom. The lowest BCUT2D eigenvalue weighted by Gasteiger charge is -2.19. The summed E-state index contributed by atoms with van der Waals surface area (Å²) in [6.07, 6.45) is 0. The Labute approximate surface area is 154 Å². The topological polar surface area (TPSA) is 138 Å². The van der Waals surface area contributed by atoms with Crippen LogP contribution in [0.4, 0.5) is 22.7 Å². The zero-order valence-corrected chi connectivity index (χ0v) is 14.1. The predicted molar refractivity (Wildman–Crippen MR) is 102 cm³/mol. The molecule has 0 bridgehead atoms. The molecule has 8 heteroatoms. The number of anilines is 2. The SMILES string of the molecule is Nc1ccc(C(c2ccccc2)c2ccc(N)cc2[N+](=O)[O-])c([N+](=O)[O-])c1. The summed E-state index contributed by atoms with van der Waals surface area (Å²) in [5.41, 5.74) is 12.8. The molecule has 0 heterocycles. The summed E-state index contributed by atoms with van der Waals surface area (Å²) >= 11 is 0. The van der Waals surface area contributed by atoms with Crippen molar-refractivity contribution in [3.8, 4) is 0 Å². The minimum absolute atomic E-state index is 0.199. The molecule has 0 spiro atoms. The third-order valence-electron chi connectivity index (χ3n) is 4.26. The Bertz CT molecular complexity index is 958. The second kappa shape index (κ2) is 7.12. The van der Waals surface area contributed by atoms with Gasteiger partial charge in [0.1, 0.15) is 0 Å². The van der Waals surface area contributed by atoms with Crippen molar-refractivity contribution in [3.05, 3.63) is 104 Å². The number of nitrogen functional groups attached to an aromatic ring is 2. The maximum absolute atomic E-state index is 11.6. The summed E-state index contributed by atoms with van der Waals surface area (Å²) in [5, 5.41) is 23.2. The van der Waals surface area contributed by atoms with E-state index in [1.54, 1.807) is 42.5 Å². The van der Waals surface area contributed by atoms with Crippen LogP contribution in [0.15, 0.2) is 66.7 Å². The summed E-state index contributed by atoms with van der Waals surface area (Å²) in [4.78, 5) is 22.1. The first-order valence-electron chi connectivity index (χ1n) is 8.01. The highest BCUT2D eigenvalue weighted by Gasteiger charge is 2.30. The monoisotopic (exact) mass is 364 g/mol. The molecule has 0 saturated carbocycles. The summed E-state index contributed by atoms with van der Waals surface area (Å²) in [7, 11) is 0. The quantitative estimate of drug-likeness (QED) is 0.305. The summed E-state index contributed by atoms with van der Waals surface area (Å²) in [5.74, 6) is -0.729. The Balaban J connectivity index is 2.34. The molecule has 8 nitrogen and oxygen atoms in total. The van der Waals surface area contributed by atoms with Gasteiger partial charge < -0.3 is 11.5 Å². The van der Waals surface area contributed by atoms with Gasteiger partial charge in [-0.05, 0) is 29.8 Å². The Kier molecular flexibility index (Phi) is 4.71. The molecule has 136 valence electrons. The molecule has 0 atom stereocenters. The number of nitrogens with two attached hydrogens (primary N) is 2. The molecule has 0 amide bonds. The summed E-state index contributed by atoms with van der Waals surface area (Å²) in [6, 6.07) is 17.6. The van der Waals surface area contributed by atoms with E-state index in [1.807, 2.05) is 0 Å². The van der Waals surface area contributed by atoms with E-state index in [0.717, 1.165) is 0 Å². The molecule has 0 aromatic heterocycles. The van der Waals surface area contributed by atoms with Crippen LogP contribution in [0.25, 0.3) is 0 Å². The number of nitro benzene ring substituents is 2. The Morgan fingerprint density at radius 2 is 1.15 bits per heavy atom. The summed E-state index contributed by atoms with van der Waals surface area (Å²) in [6.45, 7) is 0. The molecule has 0 aliphatic rings. The van der Waals surface area contributed by atoms with E-state index in [-0.39, 0.29) is 22.7 Å². The fourth-order valence-corrected chi connectivity index (χ4v) is 3.10. The van der Waals surface area contributed by atoms with Gasteiger partial charge >= 0.3 is 0 Å². The van der Waals surface area contributed by atoms with E-state index >= 15 is 0 Å². The van der Waals surface area contributed by atoms with Crippen LogP contribution in [0.3, 0.4) is 0 Å². The molecule has 0 aliphatic carbocycles. The predicted octanol–water partition coefficient (Wildman–Crippen LogP) is 3.85. The molecular weight excluding hydrogens is 348 g/mol. The maximum atomic E-state index is 11.6. The molecule has 3 aromatic rings. The van der Waals surface area contributed by atoms with Gasteiger partial charge in [0.2, 0.25) is 0 Å².